The molecule has 2 unspecified atom stereocenters. The Morgan fingerprint density at radius 1 is 1.20 bits per heavy atom. The van der Waals surface area contributed by atoms with Crippen molar-refractivity contribution < 1.29 is 4.79 Å². The molecule has 2 atom stereocenters. The molecular formula is C16H21ClN2O. The molecule has 0 spiro atoms. The average Bonchev–Trinajstić information content (AvgIpc) is 2.46. The van der Waals surface area contributed by atoms with E-state index in [2.05, 4.69) is 4.90 Å². The van der Waals surface area contributed by atoms with E-state index >= 15 is 0 Å². The Balaban J connectivity index is 1.85. The van der Waals surface area contributed by atoms with Gasteiger partial charge in [-0.2, -0.15) is 0 Å². The molecule has 1 saturated heterocycles. The summed E-state index contributed by atoms with van der Waals surface area (Å²) in [5.74, 6) is 0.764. The third-order valence-corrected chi connectivity index (χ3v) is 5.04. The largest absolute Gasteiger partial charge is 0.399 e. The molecular weight excluding hydrogens is 272 g/mol. The van der Waals surface area contributed by atoms with Crippen molar-refractivity contribution in [3.8, 4) is 0 Å². The summed E-state index contributed by atoms with van der Waals surface area (Å²) in [6, 6.07) is 5.59. The summed E-state index contributed by atoms with van der Waals surface area (Å²) in [7, 11) is 0. The predicted octanol–water partition coefficient (Wildman–Crippen LogP) is 3.72. The fraction of sp³-hybridized carbons (Fsp3) is 0.562. The number of rotatable bonds is 1. The Morgan fingerprint density at radius 2 is 1.95 bits per heavy atom. The highest BCUT2D eigenvalue weighted by molar-refractivity contribution is 6.34. The van der Waals surface area contributed by atoms with Crippen LogP contribution in [0.5, 0.6) is 0 Å². The number of benzene rings is 1. The number of nitrogens with two attached hydrogens (primary N) is 1. The second-order valence-electron chi connectivity index (χ2n) is 5.99. The van der Waals surface area contributed by atoms with Gasteiger partial charge in [0, 0.05) is 18.3 Å². The van der Waals surface area contributed by atoms with Crippen LogP contribution in [0.2, 0.25) is 5.02 Å². The topological polar surface area (TPSA) is 46.3 Å². The van der Waals surface area contributed by atoms with Gasteiger partial charge < -0.3 is 10.6 Å². The molecule has 1 aliphatic heterocycles. The molecule has 108 valence electrons. The molecule has 3 nitrogen and oxygen atoms in total. The third kappa shape index (κ3) is 2.51. The average molecular weight is 293 g/mol. The number of amides is 1. The molecule has 1 aliphatic carbocycles. The Labute approximate surface area is 125 Å². The maximum absolute atomic E-state index is 12.8. The first-order valence-corrected chi connectivity index (χ1v) is 7.90. The summed E-state index contributed by atoms with van der Waals surface area (Å²) in [6.07, 6.45) is 7.34. The number of likely N-dealkylation sites (tertiary alicyclic amines) is 1. The molecule has 20 heavy (non-hydrogen) atoms. The van der Waals surface area contributed by atoms with Gasteiger partial charge in [0.2, 0.25) is 0 Å². The first-order valence-electron chi connectivity index (χ1n) is 7.53. The van der Waals surface area contributed by atoms with E-state index in [1.165, 1.54) is 25.7 Å². The Bertz CT molecular complexity index is 515. The molecule has 3 rings (SSSR count). The second kappa shape index (κ2) is 5.65. The number of nitrogen functional groups attached to an aromatic ring is 1. The molecule has 2 fully saturated rings. The van der Waals surface area contributed by atoms with Crippen molar-refractivity contribution in [2.45, 2.75) is 44.6 Å². The Morgan fingerprint density at radius 3 is 2.75 bits per heavy atom. The van der Waals surface area contributed by atoms with Gasteiger partial charge in [-0.1, -0.05) is 24.4 Å². The molecule has 1 heterocycles. The normalized spacial score (nSPS) is 26.1. The van der Waals surface area contributed by atoms with E-state index in [1.54, 1.807) is 18.2 Å². The maximum atomic E-state index is 12.8. The first kappa shape index (κ1) is 13.7. The Kier molecular flexibility index (Phi) is 3.88. The molecule has 2 aliphatic rings. The van der Waals surface area contributed by atoms with Crippen LogP contribution >= 0.6 is 11.6 Å². The highest BCUT2D eigenvalue weighted by Gasteiger charge is 2.36. The number of carbonyl (C=O) groups excluding carboxylic acids is 1. The van der Waals surface area contributed by atoms with Gasteiger partial charge in [-0.3, -0.25) is 4.79 Å². The van der Waals surface area contributed by atoms with Crippen molar-refractivity contribution in [2.24, 2.45) is 5.92 Å². The van der Waals surface area contributed by atoms with Crippen LogP contribution in [0.25, 0.3) is 0 Å². The van der Waals surface area contributed by atoms with E-state index in [9.17, 15) is 4.79 Å². The van der Waals surface area contributed by atoms with E-state index in [1.807, 2.05) is 0 Å². The van der Waals surface area contributed by atoms with Crippen LogP contribution < -0.4 is 5.73 Å². The van der Waals surface area contributed by atoms with Crippen LogP contribution in [0, 0.1) is 5.92 Å². The minimum absolute atomic E-state index is 0.0756. The van der Waals surface area contributed by atoms with Crippen LogP contribution in [0.3, 0.4) is 0 Å². The van der Waals surface area contributed by atoms with Crippen molar-refractivity contribution in [1.82, 2.24) is 4.90 Å². The summed E-state index contributed by atoms with van der Waals surface area (Å²) in [5, 5.41) is 0.466. The number of hydrogen-bond donors (Lipinski definition) is 1. The van der Waals surface area contributed by atoms with Gasteiger partial charge in [-0.15, -0.1) is 0 Å². The second-order valence-corrected chi connectivity index (χ2v) is 6.40. The molecule has 0 bridgehead atoms. The van der Waals surface area contributed by atoms with Gasteiger partial charge in [0.05, 0.1) is 10.6 Å². The fourth-order valence-electron chi connectivity index (χ4n) is 3.74. The lowest BCUT2D eigenvalue weighted by Gasteiger charge is -2.44. The maximum Gasteiger partial charge on any atom is 0.255 e. The van der Waals surface area contributed by atoms with E-state index in [-0.39, 0.29) is 5.91 Å². The molecule has 1 aromatic carbocycles. The van der Waals surface area contributed by atoms with E-state index in [0.717, 1.165) is 19.4 Å². The first-order chi connectivity index (χ1) is 9.66. The standard InChI is InChI=1S/C16H21ClN2O/c17-14-10-12(18)7-8-13(14)16(20)19-9-3-5-11-4-1-2-6-15(11)19/h7-8,10-11,15H,1-6,9,18H2. The quantitative estimate of drug-likeness (QED) is 0.802. The highest BCUT2D eigenvalue weighted by atomic mass is 35.5. The van der Waals surface area contributed by atoms with Crippen LogP contribution in [0.4, 0.5) is 5.69 Å². The van der Waals surface area contributed by atoms with Crippen molar-refractivity contribution in [3.05, 3.63) is 28.8 Å². The zero-order valence-corrected chi connectivity index (χ0v) is 12.4. The van der Waals surface area contributed by atoms with Crippen LogP contribution in [0.1, 0.15) is 48.9 Å². The highest BCUT2D eigenvalue weighted by Crippen LogP contribution is 2.36. The number of nitrogens with zero attached hydrogens (tertiary/aromatic N) is 1. The van der Waals surface area contributed by atoms with Gasteiger partial charge in [0.25, 0.3) is 5.91 Å². The summed E-state index contributed by atoms with van der Waals surface area (Å²) in [6.45, 7) is 0.862. The van der Waals surface area contributed by atoms with Crippen LogP contribution in [-0.2, 0) is 0 Å². The van der Waals surface area contributed by atoms with Gasteiger partial charge in [-0.05, 0) is 49.8 Å². The number of piperidine rings is 1. The monoisotopic (exact) mass is 292 g/mol. The number of carbonyl (C=O) groups is 1. The zero-order chi connectivity index (χ0) is 14.1. The zero-order valence-electron chi connectivity index (χ0n) is 11.6. The molecule has 0 radical (unpaired) electrons. The van der Waals surface area contributed by atoms with Crippen molar-refractivity contribution >= 4 is 23.2 Å². The molecule has 4 heteroatoms. The predicted molar refractivity (Wildman–Crippen MR) is 81.9 cm³/mol. The van der Waals surface area contributed by atoms with Crippen molar-refractivity contribution in [1.29, 1.82) is 0 Å². The molecule has 1 aromatic rings. The van der Waals surface area contributed by atoms with E-state index in [4.69, 9.17) is 17.3 Å². The van der Waals surface area contributed by atoms with Crippen molar-refractivity contribution in [2.75, 3.05) is 12.3 Å². The molecule has 1 amide bonds. The molecule has 0 aromatic heterocycles. The molecule has 1 saturated carbocycles. The fourth-order valence-corrected chi connectivity index (χ4v) is 4.01. The smallest absolute Gasteiger partial charge is 0.255 e. The number of anilines is 1. The summed E-state index contributed by atoms with van der Waals surface area (Å²) < 4.78 is 0. The minimum Gasteiger partial charge on any atom is -0.399 e. The SMILES string of the molecule is Nc1ccc(C(=O)N2CCCC3CCCCC32)c(Cl)c1. The number of fused-ring (bicyclic) bond motifs is 1. The van der Waals surface area contributed by atoms with E-state index < -0.39 is 0 Å². The lowest BCUT2D eigenvalue weighted by molar-refractivity contribution is 0.0391. The van der Waals surface area contributed by atoms with Gasteiger partial charge >= 0.3 is 0 Å². The van der Waals surface area contributed by atoms with Gasteiger partial charge in [0.1, 0.15) is 0 Å². The summed E-state index contributed by atoms with van der Waals surface area (Å²) in [5.41, 5.74) is 6.89. The van der Waals surface area contributed by atoms with Gasteiger partial charge in [0.15, 0.2) is 0 Å². The van der Waals surface area contributed by atoms with Crippen LogP contribution in [-0.4, -0.2) is 23.4 Å². The Hall–Kier alpha value is -1.22. The number of hydrogen-bond acceptors (Lipinski definition) is 2. The minimum atomic E-state index is 0.0756. The van der Waals surface area contributed by atoms with Crippen LogP contribution in [0.15, 0.2) is 18.2 Å². The summed E-state index contributed by atoms with van der Waals surface area (Å²) >= 11 is 6.19. The third-order valence-electron chi connectivity index (χ3n) is 4.73. The van der Waals surface area contributed by atoms with Crippen molar-refractivity contribution in [3.63, 3.8) is 0 Å². The number of halogens is 1. The lowest BCUT2D eigenvalue weighted by atomic mass is 9.78. The summed E-state index contributed by atoms with van der Waals surface area (Å²) in [4.78, 5) is 14.8. The lowest BCUT2D eigenvalue weighted by Crippen LogP contribution is -2.49. The van der Waals surface area contributed by atoms with Gasteiger partial charge in [-0.25, -0.2) is 0 Å². The molecule has 2 N–H and O–H groups in total. The van der Waals surface area contributed by atoms with E-state index in [0.29, 0.717) is 28.2 Å².